The molecule has 3 nitrogen and oxygen atoms in total. The molecule has 0 bridgehead atoms. The molecule has 1 atom stereocenters. The highest BCUT2D eigenvalue weighted by Gasteiger charge is 2.09. The van der Waals surface area contributed by atoms with Gasteiger partial charge in [0.1, 0.15) is 10.8 Å². The van der Waals surface area contributed by atoms with Gasteiger partial charge in [0.15, 0.2) is 0 Å². The molecule has 0 aliphatic carbocycles. The van der Waals surface area contributed by atoms with Crippen molar-refractivity contribution in [2.75, 3.05) is 11.9 Å². The van der Waals surface area contributed by atoms with Gasteiger partial charge in [-0.25, -0.2) is 4.98 Å². The maximum Gasteiger partial charge on any atom is 0.136 e. The van der Waals surface area contributed by atoms with Crippen LogP contribution < -0.4 is 11.1 Å². The van der Waals surface area contributed by atoms with E-state index in [0.717, 1.165) is 17.9 Å². The zero-order valence-corrected chi connectivity index (χ0v) is 10.8. The highest BCUT2D eigenvalue weighted by molar-refractivity contribution is 7.80. The molecule has 1 heterocycles. The second kappa shape index (κ2) is 5.80. The van der Waals surface area contributed by atoms with Gasteiger partial charge in [-0.2, -0.15) is 0 Å². The molecule has 0 saturated heterocycles. The predicted octanol–water partition coefficient (Wildman–Crippen LogP) is 2.42. The van der Waals surface area contributed by atoms with Gasteiger partial charge in [0.05, 0.1) is 5.56 Å². The zero-order valence-electron chi connectivity index (χ0n) is 10.0. The Labute approximate surface area is 102 Å². The minimum Gasteiger partial charge on any atom is -0.389 e. The van der Waals surface area contributed by atoms with Crippen molar-refractivity contribution in [2.24, 2.45) is 17.6 Å². The lowest BCUT2D eigenvalue weighted by atomic mass is 9.98. The maximum absolute atomic E-state index is 5.63. The van der Waals surface area contributed by atoms with Crippen LogP contribution in [-0.2, 0) is 0 Å². The molecule has 0 amide bonds. The van der Waals surface area contributed by atoms with E-state index in [-0.39, 0.29) is 0 Å². The lowest BCUT2D eigenvalue weighted by Crippen LogP contribution is -2.20. The Morgan fingerprint density at radius 3 is 2.75 bits per heavy atom. The molecule has 3 N–H and O–H groups in total. The first-order valence-electron chi connectivity index (χ1n) is 5.51. The molecule has 16 heavy (non-hydrogen) atoms. The number of hydrogen-bond acceptors (Lipinski definition) is 3. The average molecular weight is 237 g/mol. The van der Waals surface area contributed by atoms with E-state index in [4.69, 9.17) is 18.0 Å². The van der Waals surface area contributed by atoms with Crippen molar-refractivity contribution in [1.29, 1.82) is 0 Å². The molecule has 0 spiro atoms. The highest BCUT2D eigenvalue weighted by atomic mass is 32.1. The van der Waals surface area contributed by atoms with Crippen LogP contribution in [0, 0.1) is 11.8 Å². The Bertz CT molecular complexity index is 363. The second-order valence-electron chi connectivity index (χ2n) is 4.37. The molecule has 0 aliphatic heterocycles. The van der Waals surface area contributed by atoms with E-state index < -0.39 is 0 Å². The van der Waals surface area contributed by atoms with Crippen molar-refractivity contribution in [2.45, 2.75) is 20.8 Å². The van der Waals surface area contributed by atoms with Gasteiger partial charge in [0, 0.05) is 12.7 Å². The Balaban J connectivity index is 2.70. The lowest BCUT2D eigenvalue weighted by Gasteiger charge is -2.17. The Hall–Kier alpha value is -1.16. The molecule has 1 unspecified atom stereocenters. The number of aromatic nitrogens is 1. The van der Waals surface area contributed by atoms with Crippen LogP contribution in [0.3, 0.4) is 0 Å². The fourth-order valence-corrected chi connectivity index (χ4v) is 1.40. The fraction of sp³-hybridized carbons (Fsp3) is 0.500. The van der Waals surface area contributed by atoms with Crippen LogP contribution in [0.2, 0.25) is 0 Å². The summed E-state index contributed by atoms with van der Waals surface area (Å²) in [4.78, 5) is 4.63. The van der Waals surface area contributed by atoms with Crippen LogP contribution in [0.1, 0.15) is 26.3 Å². The van der Waals surface area contributed by atoms with Crippen molar-refractivity contribution in [3.8, 4) is 0 Å². The van der Waals surface area contributed by atoms with E-state index in [9.17, 15) is 0 Å². The zero-order chi connectivity index (χ0) is 12.1. The van der Waals surface area contributed by atoms with Crippen LogP contribution in [-0.4, -0.2) is 16.5 Å². The number of nitrogens with zero attached hydrogens (tertiary/aromatic N) is 1. The number of hydrogen-bond donors (Lipinski definition) is 2. The number of nitrogens with one attached hydrogen (secondary N) is 1. The molecular formula is C12H19N3S. The number of nitrogens with two attached hydrogens (primary N) is 1. The standard InChI is InChI=1S/C12H19N3S/c1-8(2)9(3)7-15-12-10(11(13)16)5-4-6-14-12/h4-6,8-9H,7H2,1-3H3,(H2,13,16)(H,14,15). The average Bonchev–Trinajstić information content (AvgIpc) is 2.25. The first kappa shape index (κ1) is 12.9. The molecule has 1 aromatic heterocycles. The lowest BCUT2D eigenvalue weighted by molar-refractivity contribution is 0.439. The number of thiocarbonyl (C=S) groups is 1. The predicted molar refractivity (Wildman–Crippen MR) is 72.6 cm³/mol. The van der Waals surface area contributed by atoms with Crippen molar-refractivity contribution in [1.82, 2.24) is 4.98 Å². The molecular weight excluding hydrogens is 218 g/mol. The minimum atomic E-state index is 0.382. The molecule has 1 aromatic rings. The summed E-state index contributed by atoms with van der Waals surface area (Å²) in [7, 11) is 0. The quantitative estimate of drug-likeness (QED) is 0.772. The number of pyridine rings is 1. The van der Waals surface area contributed by atoms with Gasteiger partial charge in [0.25, 0.3) is 0 Å². The summed E-state index contributed by atoms with van der Waals surface area (Å²) in [5.74, 6) is 2.01. The summed E-state index contributed by atoms with van der Waals surface area (Å²) in [5.41, 5.74) is 6.45. The smallest absolute Gasteiger partial charge is 0.136 e. The van der Waals surface area contributed by atoms with Crippen LogP contribution in [0.25, 0.3) is 0 Å². The SMILES string of the molecule is CC(C)C(C)CNc1ncccc1C(N)=S. The van der Waals surface area contributed by atoms with Crippen LogP contribution in [0.4, 0.5) is 5.82 Å². The first-order chi connectivity index (χ1) is 7.52. The number of anilines is 1. The molecule has 1 rings (SSSR count). The van der Waals surface area contributed by atoms with Gasteiger partial charge < -0.3 is 11.1 Å². The van der Waals surface area contributed by atoms with E-state index in [2.05, 4.69) is 31.1 Å². The monoisotopic (exact) mass is 237 g/mol. The third-order valence-corrected chi connectivity index (χ3v) is 3.02. The van der Waals surface area contributed by atoms with E-state index in [0.29, 0.717) is 16.8 Å². The first-order valence-corrected chi connectivity index (χ1v) is 5.92. The largest absolute Gasteiger partial charge is 0.389 e. The van der Waals surface area contributed by atoms with E-state index >= 15 is 0 Å². The molecule has 4 heteroatoms. The van der Waals surface area contributed by atoms with E-state index in [1.54, 1.807) is 6.20 Å². The summed E-state index contributed by atoms with van der Waals surface area (Å²) in [5, 5.41) is 3.30. The van der Waals surface area contributed by atoms with Crippen molar-refractivity contribution < 1.29 is 0 Å². The molecule has 0 saturated carbocycles. The normalized spacial score (nSPS) is 12.5. The Morgan fingerprint density at radius 2 is 2.19 bits per heavy atom. The topological polar surface area (TPSA) is 50.9 Å². The summed E-state index contributed by atoms with van der Waals surface area (Å²) in [6, 6.07) is 3.73. The Morgan fingerprint density at radius 1 is 1.50 bits per heavy atom. The molecule has 0 fully saturated rings. The van der Waals surface area contributed by atoms with E-state index in [1.165, 1.54) is 0 Å². The Kier molecular flexibility index (Phi) is 4.68. The van der Waals surface area contributed by atoms with Gasteiger partial charge in [-0.1, -0.05) is 33.0 Å². The summed E-state index contributed by atoms with van der Waals surface area (Å²) >= 11 is 4.98. The second-order valence-corrected chi connectivity index (χ2v) is 4.81. The van der Waals surface area contributed by atoms with Crippen LogP contribution in [0.15, 0.2) is 18.3 Å². The van der Waals surface area contributed by atoms with Crippen LogP contribution in [0.5, 0.6) is 0 Å². The minimum absolute atomic E-state index is 0.382. The third kappa shape index (κ3) is 3.45. The van der Waals surface area contributed by atoms with Gasteiger partial charge in [-0.05, 0) is 24.0 Å². The molecule has 0 radical (unpaired) electrons. The van der Waals surface area contributed by atoms with Crippen molar-refractivity contribution in [3.05, 3.63) is 23.9 Å². The molecule has 88 valence electrons. The molecule has 0 aliphatic rings. The highest BCUT2D eigenvalue weighted by Crippen LogP contribution is 2.14. The van der Waals surface area contributed by atoms with Gasteiger partial charge in [-0.15, -0.1) is 0 Å². The fourth-order valence-electron chi connectivity index (χ4n) is 1.24. The van der Waals surface area contributed by atoms with Crippen molar-refractivity contribution >= 4 is 23.0 Å². The maximum atomic E-state index is 5.63. The van der Waals surface area contributed by atoms with E-state index in [1.807, 2.05) is 12.1 Å². The van der Waals surface area contributed by atoms with Gasteiger partial charge in [-0.3, -0.25) is 0 Å². The third-order valence-electron chi connectivity index (χ3n) is 2.80. The van der Waals surface area contributed by atoms with Crippen LogP contribution >= 0.6 is 12.2 Å². The summed E-state index contributed by atoms with van der Waals surface area (Å²) in [6.07, 6.45) is 1.74. The number of rotatable bonds is 5. The van der Waals surface area contributed by atoms with Gasteiger partial charge >= 0.3 is 0 Å². The van der Waals surface area contributed by atoms with Crippen molar-refractivity contribution in [3.63, 3.8) is 0 Å². The van der Waals surface area contributed by atoms with Gasteiger partial charge in [0.2, 0.25) is 0 Å². The molecule has 0 aromatic carbocycles. The summed E-state index contributed by atoms with van der Waals surface area (Å²) < 4.78 is 0. The summed E-state index contributed by atoms with van der Waals surface area (Å²) in [6.45, 7) is 7.50.